The Kier molecular flexibility index (Phi) is 4.68. The van der Waals surface area contributed by atoms with E-state index in [-0.39, 0.29) is 11.9 Å². The van der Waals surface area contributed by atoms with E-state index in [0.717, 1.165) is 30.6 Å². The molecule has 0 saturated carbocycles. The first-order chi connectivity index (χ1) is 9.24. The number of halogens is 1. The number of rotatable bonds is 6. The summed E-state index contributed by atoms with van der Waals surface area (Å²) in [7, 11) is 0. The van der Waals surface area contributed by atoms with Crippen LogP contribution in [0.5, 0.6) is 0 Å². The Hall–Kier alpha value is -1.68. The summed E-state index contributed by atoms with van der Waals surface area (Å²) in [6, 6.07) is 6.71. The maximum atomic E-state index is 13.4. The Morgan fingerprint density at radius 3 is 2.84 bits per heavy atom. The van der Waals surface area contributed by atoms with Crippen LogP contribution in [-0.4, -0.2) is 16.3 Å². The van der Waals surface area contributed by atoms with Gasteiger partial charge < -0.3 is 5.32 Å². The fourth-order valence-electron chi connectivity index (χ4n) is 2.20. The molecule has 1 heterocycles. The third kappa shape index (κ3) is 3.41. The van der Waals surface area contributed by atoms with E-state index >= 15 is 0 Å². The summed E-state index contributed by atoms with van der Waals surface area (Å²) in [5.41, 5.74) is 2.00. The van der Waals surface area contributed by atoms with Crippen molar-refractivity contribution in [3.05, 3.63) is 53.6 Å². The number of aryl methyl sites for hydroxylation is 1. The summed E-state index contributed by atoms with van der Waals surface area (Å²) in [5, 5.41) is 7.72. The van der Waals surface area contributed by atoms with Gasteiger partial charge in [-0.25, -0.2) is 4.39 Å². The quantitative estimate of drug-likeness (QED) is 0.865. The summed E-state index contributed by atoms with van der Waals surface area (Å²) in [4.78, 5) is 0. The lowest BCUT2D eigenvalue weighted by Gasteiger charge is -2.16. The number of nitrogens with zero attached hydrogens (tertiary/aromatic N) is 2. The summed E-state index contributed by atoms with van der Waals surface area (Å²) in [6.07, 6.45) is 4.93. The molecular formula is C15H20FN3. The lowest BCUT2D eigenvalue weighted by atomic mass is 10.0. The van der Waals surface area contributed by atoms with Crippen molar-refractivity contribution < 1.29 is 4.39 Å². The average molecular weight is 261 g/mol. The third-order valence-corrected chi connectivity index (χ3v) is 3.03. The number of benzene rings is 1. The van der Waals surface area contributed by atoms with E-state index in [1.54, 1.807) is 12.1 Å². The van der Waals surface area contributed by atoms with Gasteiger partial charge in [-0.15, -0.1) is 0 Å². The third-order valence-electron chi connectivity index (χ3n) is 3.03. The Bertz CT molecular complexity index is 522. The molecule has 0 bridgehead atoms. The highest BCUT2D eigenvalue weighted by atomic mass is 19.1. The highest BCUT2D eigenvalue weighted by Gasteiger charge is 2.15. The molecule has 0 saturated heterocycles. The molecule has 2 rings (SSSR count). The molecule has 0 radical (unpaired) electrons. The summed E-state index contributed by atoms with van der Waals surface area (Å²) in [5.74, 6) is -0.207. The standard InChI is InChI=1S/C15H20FN3/c1-3-8-19-11-13(10-18-19)15(17-4-2)12-6-5-7-14(16)9-12/h5-7,9-11,15,17H,3-4,8H2,1-2H3. The van der Waals surface area contributed by atoms with Crippen LogP contribution in [0.4, 0.5) is 4.39 Å². The molecule has 4 heteroatoms. The van der Waals surface area contributed by atoms with Crippen molar-refractivity contribution in [2.45, 2.75) is 32.9 Å². The number of hydrogen-bond donors (Lipinski definition) is 1. The molecule has 3 nitrogen and oxygen atoms in total. The lowest BCUT2D eigenvalue weighted by molar-refractivity contribution is 0.593. The number of hydrogen-bond acceptors (Lipinski definition) is 2. The minimum Gasteiger partial charge on any atom is -0.306 e. The largest absolute Gasteiger partial charge is 0.306 e. The van der Waals surface area contributed by atoms with E-state index < -0.39 is 0 Å². The van der Waals surface area contributed by atoms with Gasteiger partial charge in [-0.2, -0.15) is 5.10 Å². The molecule has 0 spiro atoms. The molecule has 0 fully saturated rings. The molecule has 1 atom stereocenters. The van der Waals surface area contributed by atoms with Crippen LogP contribution in [0.25, 0.3) is 0 Å². The SMILES string of the molecule is CCCn1cc(C(NCC)c2cccc(F)c2)cn1. The Balaban J connectivity index is 2.28. The van der Waals surface area contributed by atoms with E-state index in [1.807, 2.05) is 30.1 Å². The van der Waals surface area contributed by atoms with Gasteiger partial charge in [0.2, 0.25) is 0 Å². The van der Waals surface area contributed by atoms with Crippen molar-refractivity contribution in [3.63, 3.8) is 0 Å². The topological polar surface area (TPSA) is 29.9 Å². The van der Waals surface area contributed by atoms with Gasteiger partial charge in [-0.1, -0.05) is 26.0 Å². The molecular weight excluding hydrogens is 241 g/mol. The molecule has 1 aromatic heterocycles. The van der Waals surface area contributed by atoms with Crippen molar-refractivity contribution in [1.82, 2.24) is 15.1 Å². The Labute approximate surface area is 113 Å². The van der Waals surface area contributed by atoms with Crippen molar-refractivity contribution in [2.24, 2.45) is 0 Å². The van der Waals surface area contributed by atoms with Gasteiger partial charge in [-0.05, 0) is 30.7 Å². The summed E-state index contributed by atoms with van der Waals surface area (Å²) < 4.78 is 15.3. The fraction of sp³-hybridized carbons (Fsp3) is 0.400. The van der Waals surface area contributed by atoms with Gasteiger partial charge in [0.15, 0.2) is 0 Å². The molecule has 0 aliphatic heterocycles. The van der Waals surface area contributed by atoms with Crippen LogP contribution >= 0.6 is 0 Å². The van der Waals surface area contributed by atoms with Crippen LogP contribution in [0.1, 0.15) is 37.4 Å². The summed E-state index contributed by atoms with van der Waals surface area (Å²) in [6.45, 7) is 5.89. The smallest absolute Gasteiger partial charge is 0.123 e. The average Bonchev–Trinajstić information content (AvgIpc) is 2.85. The highest BCUT2D eigenvalue weighted by Crippen LogP contribution is 2.22. The summed E-state index contributed by atoms with van der Waals surface area (Å²) >= 11 is 0. The van der Waals surface area contributed by atoms with Gasteiger partial charge in [0, 0.05) is 18.3 Å². The second kappa shape index (κ2) is 6.48. The van der Waals surface area contributed by atoms with Crippen molar-refractivity contribution in [3.8, 4) is 0 Å². The minimum absolute atomic E-state index is 0.00805. The monoisotopic (exact) mass is 261 g/mol. The van der Waals surface area contributed by atoms with Crippen LogP contribution < -0.4 is 5.32 Å². The Morgan fingerprint density at radius 1 is 1.32 bits per heavy atom. The van der Waals surface area contributed by atoms with Crippen LogP contribution in [-0.2, 0) is 6.54 Å². The fourth-order valence-corrected chi connectivity index (χ4v) is 2.20. The van der Waals surface area contributed by atoms with Crippen molar-refractivity contribution >= 4 is 0 Å². The van der Waals surface area contributed by atoms with Gasteiger partial charge in [0.1, 0.15) is 5.82 Å². The van der Waals surface area contributed by atoms with E-state index in [4.69, 9.17) is 0 Å². The zero-order chi connectivity index (χ0) is 13.7. The molecule has 102 valence electrons. The molecule has 1 N–H and O–H groups in total. The maximum Gasteiger partial charge on any atom is 0.123 e. The van der Waals surface area contributed by atoms with Crippen molar-refractivity contribution in [1.29, 1.82) is 0 Å². The molecule has 1 aromatic carbocycles. The number of nitrogens with one attached hydrogen (secondary N) is 1. The van der Waals surface area contributed by atoms with Gasteiger partial charge in [0.25, 0.3) is 0 Å². The first-order valence-electron chi connectivity index (χ1n) is 6.75. The van der Waals surface area contributed by atoms with Crippen LogP contribution in [0.2, 0.25) is 0 Å². The predicted octanol–water partition coefficient (Wildman–Crippen LogP) is 3.13. The number of aromatic nitrogens is 2. The second-order valence-electron chi connectivity index (χ2n) is 4.58. The van der Waals surface area contributed by atoms with Crippen molar-refractivity contribution in [2.75, 3.05) is 6.54 Å². The molecule has 0 amide bonds. The molecule has 19 heavy (non-hydrogen) atoms. The van der Waals surface area contributed by atoms with Crippen LogP contribution in [0.3, 0.4) is 0 Å². The molecule has 0 aliphatic carbocycles. The first kappa shape index (κ1) is 13.7. The van der Waals surface area contributed by atoms with Crippen LogP contribution in [0, 0.1) is 5.82 Å². The van der Waals surface area contributed by atoms with Gasteiger partial charge in [-0.3, -0.25) is 4.68 Å². The lowest BCUT2D eigenvalue weighted by Crippen LogP contribution is -2.21. The normalized spacial score (nSPS) is 12.6. The zero-order valence-electron chi connectivity index (χ0n) is 11.4. The molecule has 2 aromatic rings. The maximum absolute atomic E-state index is 13.4. The van der Waals surface area contributed by atoms with E-state index in [9.17, 15) is 4.39 Å². The molecule has 1 unspecified atom stereocenters. The first-order valence-corrected chi connectivity index (χ1v) is 6.75. The van der Waals surface area contributed by atoms with Gasteiger partial charge in [0.05, 0.1) is 12.2 Å². The van der Waals surface area contributed by atoms with Crippen LogP contribution in [0.15, 0.2) is 36.7 Å². The predicted molar refractivity (Wildman–Crippen MR) is 74.4 cm³/mol. The van der Waals surface area contributed by atoms with E-state index in [0.29, 0.717) is 0 Å². The van der Waals surface area contributed by atoms with Gasteiger partial charge >= 0.3 is 0 Å². The Morgan fingerprint density at radius 2 is 2.16 bits per heavy atom. The van der Waals surface area contributed by atoms with E-state index in [1.165, 1.54) is 6.07 Å². The zero-order valence-corrected chi connectivity index (χ0v) is 11.4. The second-order valence-corrected chi connectivity index (χ2v) is 4.58. The highest BCUT2D eigenvalue weighted by molar-refractivity contribution is 5.29. The minimum atomic E-state index is -0.207. The van der Waals surface area contributed by atoms with E-state index in [2.05, 4.69) is 17.3 Å². The molecule has 0 aliphatic rings.